The van der Waals surface area contributed by atoms with Crippen LogP contribution in [0.5, 0.6) is 0 Å². The van der Waals surface area contributed by atoms with Crippen molar-refractivity contribution in [1.82, 2.24) is 5.01 Å². The second-order valence-electron chi connectivity index (χ2n) is 5.66. The molecule has 0 bridgehead atoms. The highest BCUT2D eigenvalue weighted by molar-refractivity contribution is 14.2. The second kappa shape index (κ2) is 12.0. The molecule has 4 N–H and O–H groups in total. The van der Waals surface area contributed by atoms with Crippen LogP contribution in [0.25, 0.3) is 11.1 Å². The molecule has 2 rings (SSSR count). The molecule has 0 fully saturated rings. The van der Waals surface area contributed by atoms with Crippen molar-refractivity contribution in [3.05, 3.63) is 53.1 Å². The Balaban J connectivity index is 0.000000568. The van der Waals surface area contributed by atoms with Crippen molar-refractivity contribution in [1.29, 1.82) is 0 Å². The van der Waals surface area contributed by atoms with Gasteiger partial charge in [-0.3, -0.25) is 10.6 Å². The Morgan fingerprint density at radius 1 is 1.25 bits per heavy atom. The largest absolute Gasteiger partial charge is 0.397 e. The van der Waals surface area contributed by atoms with E-state index in [-0.39, 0.29) is 22.6 Å². The monoisotopic (exact) mass is 517 g/mol. The fraction of sp³-hybridized carbons (Fsp3) is 0.250. The van der Waals surface area contributed by atoms with Gasteiger partial charge in [-0.05, 0) is 50.8 Å². The van der Waals surface area contributed by atoms with E-state index in [1.165, 1.54) is 34.1 Å². The van der Waals surface area contributed by atoms with Crippen molar-refractivity contribution in [2.45, 2.75) is 20.8 Å². The van der Waals surface area contributed by atoms with E-state index < -0.39 is 11.6 Å². The van der Waals surface area contributed by atoms with Gasteiger partial charge in [-0.1, -0.05) is 26.0 Å². The molecule has 0 atom stereocenters. The van der Waals surface area contributed by atoms with E-state index in [0.29, 0.717) is 11.1 Å². The van der Waals surface area contributed by atoms with Crippen LogP contribution in [0.15, 0.2) is 30.3 Å². The molecule has 0 aliphatic carbocycles. The Morgan fingerprint density at radius 2 is 1.89 bits per heavy atom. The maximum absolute atomic E-state index is 14.1. The van der Waals surface area contributed by atoms with Crippen LogP contribution in [0.1, 0.15) is 36.7 Å². The maximum Gasteiger partial charge on any atom is 0.160 e. The molecule has 0 spiro atoms. The Kier molecular flexibility index (Phi) is 10.5. The van der Waals surface area contributed by atoms with E-state index in [4.69, 9.17) is 11.6 Å². The summed E-state index contributed by atoms with van der Waals surface area (Å²) < 4.78 is 27.6. The van der Waals surface area contributed by atoms with Crippen LogP contribution in [0.2, 0.25) is 0 Å². The van der Waals surface area contributed by atoms with Crippen molar-refractivity contribution < 1.29 is 13.6 Å². The normalized spacial score (nSPS) is 10.0. The summed E-state index contributed by atoms with van der Waals surface area (Å²) in [5, 5.41) is 4.41. The first-order valence-corrected chi connectivity index (χ1v) is 11.8. The highest BCUT2D eigenvalue weighted by Crippen LogP contribution is 2.34. The SMILES string of the molecule is CC(=O)c1cc(F)c(C#CSI)c(N)c1-c1cccc(F)c1.CCN(N)CC. The predicted octanol–water partition coefficient (Wildman–Crippen LogP) is 5.01. The summed E-state index contributed by atoms with van der Waals surface area (Å²) in [6.45, 7) is 7.25. The number of Topliss-reactive ketones (excluding diaryl/α,β-unsaturated/α-hetero) is 1. The molecule has 0 aromatic heterocycles. The minimum atomic E-state index is -0.666. The molecule has 0 aliphatic rings. The van der Waals surface area contributed by atoms with Crippen LogP contribution in [0.3, 0.4) is 0 Å². The molecule has 4 nitrogen and oxygen atoms in total. The fourth-order valence-corrected chi connectivity index (χ4v) is 2.79. The smallest absolute Gasteiger partial charge is 0.160 e. The Bertz CT molecular complexity index is 893. The molecule has 150 valence electrons. The van der Waals surface area contributed by atoms with Crippen molar-refractivity contribution >= 4 is 41.6 Å². The average molecular weight is 517 g/mol. The number of rotatable bonds is 4. The minimum Gasteiger partial charge on any atom is -0.397 e. The fourth-order valence-electron chi connectivity index (χ4n) is 2.32. The summed E-state index contributed by atoms with van der Waals surface area (Å²) in [6, 6.07) is 6.75. The van der Waals surface area contributed by atoms with Crippen molar-refractivity contribution in [2.24, 2.45) is 5.84 Å². The number of halogens is 3. The van der Waals surface area contributed by atoms with Crippen LogP contribution < -0.4 is 11.6 Å². The predicted molar refractivity (Wildman–Crippen MR) is 122 cm³/mol. The molecule has 0 radical (unpaired) electrons. The Hall–Kier alpha value is -1.67. The first kappa shape index (κ1) is 24.4. The zero-order valence-electron chi connectivity index (χ0n) is 15.9. The standard InChI is InChI=1S/C16H10F2INOS.C4H12N2/c1-9(21)13-8-14(18)12(5-6-22-19)16(20)15(13)10-3-2-4-11(17)7-10;1-3-6(5)4-2/h2-4,7-8H,20H2,1H3;3-5H2,1-2H3. The number of nitrogens with zero attached hydrogens (tertiary/aromatic N) is 1. The third kappa shape index (κ3) is 6.74. The molecule has 2 aromatic carbocycles. The van der Waals surface area contributed by atoms with E-state index in [0.717, 1.165) is 19.2 Å². The molecule has 0 aliphatic heterocycles. The summed E-state index contributed by atoms with van der Waals surface area (Å²) in [5.74, 6) is 6.44. The number of anilines is 1. The Labute approximate surface area is 180 Å². The number of benzene rings is 2. The quantitative estimate of drug-likeness (QED) is 0.149. The summed E-state index contributed by atoms with van der Waals surface area (Å²) >= 11 is 1.96. The lowest BCUT2D eigenvalue weighted by atomic mass is 9.92. The van der Waals surface area contributed by atoms with Crippen LogP contribution >= 0.6 is 30.1 Å². The molecule has 28 heavy (non-hydrogen) atoms. The van der Waals surface area contributed by atoms with Gasteiger partial charge in [0.25, 0.3) is 0 Å². The topological polar surface area (TPSA) is 72.4 Å². The molecule has 0 saturated carbocycles. The van der Waals surface area contributed by atoms with E-state index in [9.17, 15) is 13.6 Å². The van der Waals surface area contributed by atoms with Crippen molar-refractivity contribution in [3.8, 4) is 22.3 Å². The number of carbonyl (C=O) groups is 1. The van der Waals surface area contributed by atoms with Gasteiger partial charge >= 0.3 is 0 Å². The number of nitrogen functional groups attached to an aromatic ring is 1. The number of carbonyl (C=O) groups excluding carboxylic acids is 1. The molecule has 0 saturated heterocycles. The van der Waals surface area contributed by atoms with E-state index in [2.05, 4.69) is 11.2 Å². The number of ketones is 1. The van der Waals surface area contributed by atoms with Gasteiger partial charge in [0.2, 0.25) is 0 Å². The van der Waals surface area contributed by atoms with Gasteiger partial charge < -0.3 is 5.73 Å². The third-order valence-electron chi connectivity index (χ3n) is 3.84. The zero-order valence-corrected chi connectivity index (χ0v) is 18.8. The van der Waals surface area contributed by atoms with Gasteiger partial charge in [-0.2, -0.15) is 0 Å². The first-order chi connectivity index (χ1) is 13.3. The highest BCUT2D eigenvalue weighted by Gasteiger charge is 2.19. The molecule has 0 amide bonds. The van der Waals surface area contributed by atoms with Gasteiger partial charge in [0.15, 0.2) is 5.78 Å². The first-order valence-electron chi connectivity index (χ1n) is 8.43. The van der Waals surface area contributed by atoms with Crippen LogP contribution in [0.4, 0.5) is 14.5 Å². The van der Waals surface area contributed by atoms with Crippen molar-refractivity contribution in [3.63, 3.8) is 0 Å². The summed E-state index contributed by atoms with van der Waals surface area (Å²) in [4.78, 5) is 11.8. The van der Waals surface area contributed by atoms with E-state index in [1.807, 2.05) is 35.1 Å². The molecular weight excluding hydrogens is 495 g/mol. The van der Waals surface area contributed by atoms with Crippen LogP contribution in [-0.4, -0.2) is 23.9 Å². The maximum atomic E-state index is 14.1. The lowest BCUT2D eigenvalue weighted by Crippen LogP contribution is -2.29. The van der Waals surface area contributed by atoms with E-state index in [1.54, 1.807) is 11.1 Å². The lowest BCUT2D eigenvalue weighted by molar-refractivity contribution is 0.101. The van der Waals surface area contributed by atoms with Gasteiger partial charge in [0, 0.05) is 45.4 Å². The lowest BCUT2D eigenvalue weighted by Gasteiger charge is -2.13. The van der Waals surface area contributed by atoms with Crippen molar-refractivity contribution in [2.75, 3.05) is 18.8 Å². The average Bonchev–Trinajstić information content (AvgIpc) is 2.67. The van der Waals surface area contributed by atoms with Crippen LogP contribution in [-0.2, 0) is 0 Å². The van der Waals surface area contributed by atoms with Gasteiger partial charge in [-0.25, -0.2) is 13.8 Å². The zero-order chi connectivity index (χ0) is 21.3. The number of hydrazine groups is 1. The minimum absolute atomic E-state index is 0.00780. The van der Waals surface area contributed by atoms with Crippen LogP contribution in [0, 0.1) is 22.8 Å². The van der Waals surface area contributed by atoms with Gasteiger partial charge in [0.05, 0.1) is 11.3 Å². The summed E-state index contributed by atoms with van der Waals surface area (Å²) in [7, 11) is 1.19. The van der Waals surface area contributed by atoms with Gasteiger partial charge in [0.1, 0.15) is 11.6 Å². The number of hydrogen-bond acceptors (Lipinski definition) is 5. The summed E-state index contributed by atoms with van der Waals surface area (Å²) in [6.07, 6.45) is 0. The molecular formula is C20H22F2IN3OS. The number of nitrogens with two attached hydrogens (primary N) is 2. The van der Waals surface area contributed by atoms with E-state index >= 15 is 0 Å². The number of hydrogen-bond donors (Lipinski definition) is 2. The molecule has 0 unspecified atom stereocenters. The molecule has 2 aromatic rings. The van der Waals surface area contributed by atoms with Gasteiger partial charge in [-0.15, -0.1) is 0 Å². The molecule has 0 heterocycles. The molecule has 8 heteroatoms. The third-order valence-corrected chi connectivity index (χ3v) is 4.68. The second-order valence-corrected chi connectivity index (χ2v) is 7.34. The summed E-state index contributed by atoms with van der Waals surface area (Å²) in [5.41, 5.74) is 6.88. The Morgan fingerprint density at radius 3 is 2.36 bits per heavy atom. The highest BCUT2D eigenvalue weighted by atomic mass is 127.